The van der Waals surface area contributed by atoms with Crippen LogP contribution in [0, 0.1) is 0 Å². The number of imidazole rings is 2. The lowest BCUT2D eigenvalue weighted by atomic mass is 10.1. The maximum Gasteiger partial charge on any atom is 0.226 e. The first-order valence-corrected chi connectivity index (χ1v) is 13.1. The Morgan fingerprint density at radius 3 is 2.55 bits per heavy atom. The molecule has 4 N–H and O–H groups in total. The van der Waals surface area contributed by atoms with Crippen molar-refractivity contribution in [3.8, 4) is 0 Å². The zero-order valence-electron chi connectivity index (χ0n) is 22.1. The zero-order valence-corrected chi connectivity index (χ0v) is 22.1. The van der Waals surface area contributed by atoms with E-state index in [2.05, 4.69) is 39.6 Å². The minimum atomic E-state index is -1.24. The van der Waals surface area contributed by atoms with Crippen LogP contribution < -0.4 is 10.6 Å². The highest BCUT2D eigenvalue weighted by atomic mass is 16.6. The van der Waals surface area contributed by atoms with Gasteiger partial charge in [-0.2, -0.15) is 9.97 Å². The molecule has 1 aliphatic rings. The molecule has 4 aromatic rings. The number of aliphatic hydroxyl groups excluding tert-OH is 2. The fraction of sp³-hybridized carbons (Fsp3) is 0.560. The molecule has 5 heterocycles. The largest absolute Gasteiger partial charge is 0.387 e. The van der Waals surface area contributed by atoms with E-state index < -0.39 is 24.5 Å². The quantitative estimate of drug-likeness (QED) is 0.227. The summed E-state index contributed by atoms with van der Waals surface area (Å²) < 4.78 is 15.0. The maximum atomic E-state index is 10.9. The Hall–Kier alpha value is -3.55. The van der Waals surface area contributed by atoms with Gasteiger partial charge in [-0.1, -0.05) is 25.9 Å². The standard InChI is InChI=1S/C25H35N9O4/c1-5-14(6-2)29-22-18-23(31-25(30-22)26-9-8-16-11-33(4)12-27-16)34(13-28-18)24-20(36)19(35)21(37-24)17-10-15(7-3)32-38-17/h10-14,19-21,24,35-36H,5-9H2,1-4H3,(H2,26,29,30,31)/t19-,20+,21+,24+/m0/s1. The summed E-state index contributed by atoms with van der Waals surface area (Å²) >= 11 is 0. The van der Waals surface area contributed by atoms with Crippen LogP contribution in [0.1, 0.15) is 63.1 Å². The first kappa shape index (κ1) is 26.1. The van der Waals surface area contributed by atoms with Crippen molar-refractivity contribution in [2.45, 2.75) is 77.0 Å². The van der Waals surface area contributed by atoms with Crippen LogP contribution in [0.5, 0.6) is 0 Å². The van der Waals surface area contributed by atoms with E-state index in [1.807, 2.05) is 24.7 Å². The molecule has 0 bridgehead atoms. The van der Waals surface area contributed by atoms with Gasteiger partial charge < -0.3 is 34.7 Å². The molecular formula is C25H35N9O4. The predicted molar refractivity (Wildman–Crippen MR) is 139 cm³/mol. The summed E-state index contributed by atoms with van der Waals surface area (Å²) in [6.45, 7) is 6.76. The lowest BCUT2D eigenvalue weighted by Gasteiger charge is -2.18. The van der Waals surface area contributed by atoms with Crippen molar-refractivity contribution in [1.29, 1.82) is 0 Å². The molecule has 204 valence electrons. The van der Waals surface area contributed by atoms with E-state index >= 15 is 0 Å². The molecule has 0 spiro atoms. The van der Waals surface area contributed by atoms with Crippen molar-refractivity contribution >= 4 is 22.9 Å². The van der Waals surface area contributed by atoms with Crippen molar-refractivity contribution in [3.05, 3.63) is 42.1 Å². The Kier molecular flexibility index (Phi) is 7.58. The van der Waals surface area contributed by atoms with Crippen LogP contribution in [0.15, 0.2) is 29.4 Å². The molecule has 4 aromatic heterocycles. The normalized spacial score (nSPS) is 21.6. The Labute approximate surface area is 220 Å². The fourth-order valence-corrected chi connectivity index (χ4v) is 4.62. The number of nitrogens with zero attached hydrogens (tertiary/aromatic N) is 7. The minimum Gasteiger partial charge on any atom is -0.387 e. The van der Waals surface area contributed by atoms with E-state index in [0.29, 0.717) is 48.1 Å². The molecule has 1 aliphatic heterocycles. The van der Waals surface area contributed by atoms with Crippen molar-refractivity contribution in [1.82, 2.24) is 34.2 Å². The van der Waals surface area contributed by atoms with E-state index in [1.165, 1.54) is 0 Å². The number of hydrogen-bond donors (Lipinski definition) is 4. The first-order chi connectivity index (χ1) is 18.4. The third kappa shape index (κ3) is 5.08. The van der Waals surface area contributed by atoms with Gasteiger partial charge in [0, 0.05) is 38.3 Å². The number of rotatable bonds is 11. The molecule has 5 rings (SSSR count). The molecule has 0 saturated carbocycles. The van der Waals surface area contributed by atoms with Crippen molar-refractivity contribution < 1.29 is 19.5 Å². The molecule has 13 heteroatoms. The topological polar surface area (TPSA) is 161 Å². The lowest BCUT2D eigenvalue weighted by Crippen LogP contribution is -2.29. The lowest BCUT2D eigenvalue weighted by molar-refractivity contribution is -0.0434. The van der Waals surface area contributed by atoms with Gasteiger partial charge in [0.1, 0.15) is 18.3 Å². The van der Waals surface area contributed by atoms with Crippen molar-refractivity contribution in [2.75, 3.05) is 17.2 Å². The Balaban J connectivity index is 1.45. The molecule has 0 aliphatic carbocycles. The van der Waals surface area contributed by atoms with Crippen LogP contribution in [0.2, 0.25) is 0 Å². The molecule has 0 aromatic carbocycles. The van der Waals surface area contributed by atoms with E-state index in [9.17, 15) is 10.2 Å². The van der Waals surface area contributed by atoms with Crippen LogP contribution in [0.3, 0.4) is 0 Å². The second-order valence-corrected chi connectivity index (χ2v) is 9.59. The molecule has 1 fully saturated rings. The Bertz CT molecular complexity index is 1360. The number of aryl methyl sites for hydroxylation is 2. The molecule has 0 amide bonds. The third-order valence-corrected chi connectivity index (χ3v) is 6.90. The third-order valence-electron chi connectivity index (χ3n) is 6.90. The van der Waals surface area contributed by atoms with Gasteiger partial charge in [-0.25, -0.2) is 9.97 Å². The van der Waals surface area contributed by atoms with Gasteiger partial charge in [-0.05, 0) is 19.3 Å². The summed E-state index contributed by atoms with van der Waals surface area (Å²) in [6.07, 6.45) is 4.25. The molecule has 38 heavy (non-hydrogen) atoms. The molecular weight excluding hydrogens is 490 g/mol. The van der Waals surface area contributed by atoms with E-state index in [0.717, 1.165) is 24.2 Å². The number of aromatic nitrogens is 7. The number of nitrogens with one attached hydrogen (secondary N) is 2. The van der Waals surface area contributed by atoms with E-state index in [-0.39, 0.29) is 6.04 Å². The van der Waals surface area contributed by atoms with E-state index in [4.69, 9.17) is 19.2 Å². The van der Waals surface area contributed by atoms with E-state index in [1.54, 1.807) is 23.3 Å². The van der Waals surface area contributed by atoms with Gasteiger partial charge in [-0.3, -0.25) is 4.57 Å². The van der Waals surface area contributed by atoms with Gasteiger partial charge in [-0.15, -0.1) is 0 Å². The second kappa shape index (κ2) is 11.1. The van der Waals surface area contributed by atoms with Crippen LogP contribution in [-0.4, -0.2) is 69.2 Å². The van der Waals surface area contributed by atoms with Crippen molar-refractivity contribution in [3.63, 3.8) is 0 Å². The zero-order chi connectivity index (χ0) is 26.8. The molecule has 0 unspecified atom stereocenters. The Morgan fingerprint density at radius 2 is 1.87 bits per heavy atom. The van der Waals surface area contributed by atoms with Crippen LogP contribution in [-0.2, 0) is 24.6 Å². The van der Waals surface area contributed by atoms with Crippen LogP contribution in [0.4, 0.5) is 11.8 Å². The highest BCUT2D eigenvalue weighted by molar-refractivity contribution is 5.84. The minimum absolute atomic E-state index is 0.207. The number of fused-ring (bicyclic) bond motifs is 1. The van der Waals surface area contributed by atoms with Gasteiger partial charge in [0.15, 0.2) is 29.0 Å². The highest BCUT2D eigenvalue weighted by Gasteiger charge is 2.47. The molecule has 4 atom stereocenters. The predicted octanol–water partition coefficient (Wildman–Crippen LogP) is 2.36. The average molecular weight is 526 g/mol. The summed E-state index contributed by atoms with van der Waals surface area (Å²) in [5.74, 6) is 1.37. The van der Waals surface area contributed by atoms with Crippen LogP contribution >= 0.6 is 0 Å². The van der Waals surface area contributed by atoms with Crippen molar-refractivity contribution in [2.24, 2.45) is 7.05 Å². The van der Waals surface area contributed by atoms with Gasteiger partial charge in [0.25, 0.3) is 0 Å². The summed E-state index contributed by atoms with van der Waals surface area (Å²) in [7, 11) is 1.93. The summed E-state index contributed by atoms with van der Waals surface area (Å²) in [5.41, 5.74) is 2.72. The maximum absolute atomic E-state index is 10.9. The molecule has 0 radical (unpaired) electrons. The molecule has 13 nitrogen and oxygen atoms in total. The number of anilines is 2. The average Bonchev–Trinajstić information content (AvgIpc) is 3.71. The second-order valence-electron chi connectivity index (χ2n) is 9.59. The number of aliphatic hydroxyl groups is 2. The fourth-order valence-electron chi connectivity index (χ4n) is 4.62. The molecule has 1 saturated heterocycles. The SMILES string of the molecule is CCc1cc([C@H]2O[C@@H](n3cnc4c(NC(CC)CC)nc(NCCc5cn(C)cn5)nc43)[C@H](O)[C@@H]2O)on1. The van der Waals surface area contributed by atoms with Gasteiger partial charge in [0.05, 0.1) is 24.0 Å². The number of ether oxygens (including phenoxy) is 1. The van der Waals surface area contributed by atoms with Gasteiger partial charge in [0.2, 0.25) is 5.95 Å². The summed E-state index contributed by atoms with van der Waals surface area (Å²) in [6, 6.07) is 1.94. The van der Waals surface area contributed by atoms with Gasteiger partial charge >= 0.3 is 0 Å². The Morgan fingerprint density at radius 1 is 1.05 bits per heavy atom. The summed E-state index contributed by atoms with van der Waals surface area (Å²) in [5, 5.41) is 32.5. The van der Waals surface area contributed by atoms with Crippen LogP contribution in [0.25, 0.3) is 11.2 Å². The number of hydrogen-bond acceptors (Lipinski definition) is 11. The monoisotopic (exact) mass is 525 g/mol. The summed E-state index contributed by atoms with van der Waals surface area (Å²) in [4.78, 5) is 18.3. The first-order valence-electron chi connectivity index (χ1n) is 13.1. The smallest absolute Gasteiger partial charge is 0.226 e. The highest BCUT2D eigenvalue weighted by Crippen LogP contribution is 2.40.